The Morgan fingerprint density at radius 1 is 1.11 bits per heavy atom. The number of nitrogens with zero attached hydrogens (tertiary/aromatic N) is 3. The van der Waals surface area contributed by atoms with Crippen LogP contribution >= 0.6 is 11.8 Å². The van der Waals surface area contributed by atoms with Crippen molar-refractivity contribution in [2.45, 2.75) is 17.9 Å². The minimum absolute atomic E-state index is 0.123. The van der Waals surface area contributed by atoms with Gasteiger partial charge in [-0.2, -0.15) is 15.0 Å². The van der Waals surface area contributed by atoms with Gasteiger partial charge in [0.2, 0.25) is 11.9 Å². The number of benzene rings is 1. The number of halogens is 1. The van der Waals surface area contributed by atoms with E-state index in [1.54, 1.807) is 23.9 Å². The van der Waals surface area contributed by atoms with Gasteiger partial charge in [-0.1, -0.05) is 12.1 Å². The predicted octanol–water partition coefficient (Wildman–Crippen LogP) is 2.17. The third kappa shape index (κ3) is 3.78. The molecule has 19 heavy (non-hydrogen) atoms. The monoisotopic (exact) mass is 279 g/mol. The second kappa shape index (κ2) is 5.83. The van der Waals surface area contributed by atoms with Gasteiger partial charge in [-0.05, 0) is 24.6 Å². The standard InChI is InChI=1S/C12H14FN5S/c1-7(8-2-4-9(13)5-3-8)19-6-10-16-11(14)18-12(15)17-10/h2-5,7H,6H2,1H3,(H4,14,15,16,17,18). The van der Waals surface area contributed by atoms with Crippen LogP contribution in [0.4, 0.5) is 16.3 Å². The molecular formula is C12H14FN5S. The van der Waals surface area contributed by atoms with Gasteiger partial charge in [0.05, 0.1) is 5.75 Å². The maximum absolute atomic E-state index is 12.8. The van der Waals surface area contributed by atoms with Crippen molar-refractivity contribution in [1.29, 1.82) is 0 Å². The first-order valence-electron chi connectivity index (χ1n) is 5.67. The molecule has 0 amide bonds. The van der Waals surface area contributed by atoms with E-state index >= 15 is 0 Å². The number of rotatable bonds is 4. The third-order valence-corrected chi connectivity index (χ3v) is 3.72. The summed E-state index contributed by atoms with van der Waals surface area (Å²) in [5, 5.41) is 0.194. The molecular weight excluding hydrogens is 265 g/mol. The maximum atomic E-state index is 12.8. The fraction of sp³-hybridized carbons (Fsp3) is 0.250. The van der Waals surface area contributed by atoms with Crippen LogP contribution < -0.4 is 11.5 Å². The Hall–Kier alpha value is -1.89. The molecule has 2 rings (SSSR count). The fourth-order valence-corrected chi connectivity index (χ4v) is 2.43. The van der Waals surface area contributed by atoms with Gasteiger partial charge < -0.3 is 11.5 Å². The zero-order valence-electron chi connectivity index (χ0n) is 10.4. The molecule has 0 bridgehead atoms. The first-order valence-corrected chi connectivity index (χ1v) is 6.72. The molecule has 0 aliphatic rings. The first kappa shape index (κ1) is 13.5. The summed E-state index contributed by atoms with van der Waals surface area (Å²) in [5.74, 6) is 1.12. The van der Waals surface area contributed by atoms with Gasteiger partial charge in [0, 0.05) is 5.25 Å². The molecule has 0 radical (unpaired) electrons. The summed E-state index contributed by atoms with van der Waals surface area (Å²) >= 11 is 1.62. The van der Waals surface area contributed by atoms with Crippen molar-refractivity contribution in [1.82, 2.24) is 15.0 Å². The molecule has 0 aliphatic carbocycles. The minimum atomic E-state index is -0.237. The Balaban J connectivity index is 1.99. The third-order valence-electron chi connectivity index (χ3n) is 2.52. The van der Waals surface area contributed by atoms with Crippen molar-refractivity contribution in [2.75, 3.05) is 11.5 Å². The van der Waals surface area contributed by atoms with Crippen LogP contribution in [-0.4, -0.2) is 15.0 Å². The van der Waals surface area contributed by atoms with Crippen molar-refractivity contribution in [2.24, 2.45) is 0 Å². The van der Waals surface area contributed by atoms with Crippen LogP contribution in [0.15, 0.2) is 24.3 Å². The zero-order valence-corrected chi connectivity index (χ0v) is 11.2. The number of hydrogen-bond donors (Lipinski definition) is 2. The van der Waals surface area contributed by atoms with Crippen LogP contribution in [0.25, 0.3) is 0 Å². The lowest BCUT2D eigenvalue weighted by atomic mass is 10.2. The van der Waals surface area contributed by atoms with E-state index in [0.29, 0.717) is 11.6 Å². The Labute approximate surface area is 114 Å². The van der Waals surface area contributed by atoms with Gasteiger partial charge in [0.15, 0.2) is 0 Å². The summed E-state index contributed by atoms with van der Waals surface area (Å²) < 4.78 is 12.8. The topological polar surface area (TPSA) is 90.7 Å². The highest BCUT2D eigenvalue weighted by Crippen LogP contribution is 2.30. The maximum Gasteiger partial charge on any atom is 0.225 e. The number of nitrogens with two attached hydrogens (primary N) is 2. The molecule has 4 N–H and O–H groups in total. The van der Waals surface area contributed by atoms with Crippen LogP contribution in [0.5, 0.6) is 0 Å². The summed E-state index contributed by atoms with van der Waals surface area (Å²) in [6, 6.07) is 6.43. The van der Waals surface area contributed by atoms with Crippen molar-refractivity contribution in [3.63, 3.8) is 0 Å². The highest BCUT2D eigenvalue weighted by molar-refractivity contribution is 7.98. The lowest BCUT2D eigenvalue weighted by molar-refractivity contribution is 0.627. The smallest absolute Gasteiger partial charge is 0.225 e. The Morgan fingerprint density at radius 2 is 1.68 bits per heavy atom. The van der Waals surface area contributed by atoms with E-state index in [-0.39, 0.29) is 23.0 Å². The van der Waals surface area contributed by atoms with Gasteiger partial charge in [0.1, 0.15) is 11.6 Å². The second-order valence-corrected chi connectivity index (χ2v) is 5.30. The van der Waals surface area contributed by atoms with E-state index in [1.165, 1.54) is 12.1 Å². The number of thioether (sulfide) groups is 1. The van der Waals surface area contributed by atoms with Crippen molar-refractivity contribution < 1.29 is 4.39 Å². The first-order chi connectivity index (χ1) is 9.04. The number of nitrogen functional groups attached to an aromatic ring is 2. The molecule has 0 fully saturated rings. The molecule has 1 aromatic carbocycles. The van der Waals surface area contributed by atoms with Crippen LogP contribution in [0.1, 0.15) is 23.6 Å². The highest BCUT2D eigenvalue weighted by Gasteiger charge is 2.09. The normalized spacial score (nSPS) is 12.3. The second-order valence-electron chi connectivity index (χ2n) is 3.97. The highest BCUT2D eigenvalue weighted by atomic mass is 32.2. The van der Waals surface area contributed by atoms with Crippen LogP contribution in [0.2, 0.25) is 0 Å². The van der Waals surface area contributed by atoms with Gasteiger partial charge in [-0.15, -0.1) is 11.8 Å². The quantitative estimate of drug-likeness (QED) is 0.891. The Bertz CT molecular complexity index is 540. The largest absolute Gasteiger partial charge is 0.368 e. The van der Waals surface area contributed by atoms with Crippen LogP contribution in [-0.2, 0) is 5.75 Å². The molecule has 0 spiro atoms. The van der Waals surface area contributed by atoms with E-state index in [9.17, 15) is 4.39 Å². The molecule has 0 saturated carbocycles. The van der Waals surface area contributed by atoms with Crippen molar-refractivity contribution in [3.8, 4) is 0 Å². The summed E-state index contributed by atoms with van der Waals surface area (Å²) in [6.07, 6.45) is 0. The van der Waals surface area contributed by atoms with E-state index in [0.717, 1.165) is 5.56 Å². The number of anilines is 2. The number of aromatic nitrogens is 3. The molecule has 2 aromatic rings. The van der Waals surface area contributed by atoms with E-state index < -0.39 is 0 Å². The van der Waals surface area contributed by atoms with E-state index in [4.69, 9.17) is 11.5 Å². The summed E-state index contributed by atoms with van der Waals surface area (Å²) in [5.41, 5.74) is 12.0. The molecule has 1 unspecified atom stereocenters. The summed E-state index contributed by atoms with van der Waals surface area (Å²) in [7, 11) is 0. The van der Waals surface area contributed by atoms with Crippen LogP contribution in [0, 0.1) is 5.82 Å². The van der Waals surface area contributed by atoms with Gasteiger partial charge in [0.25, 0.3) is 0 Å². The molecule has 0 aliphatic heterocycles. The molecule has 1 aromatic heterocycles. The van der Waals surface area contributed by atoms with Gasteiger partial charge in [-0.3, -0.25) is 0 Å². The van der Waals surface area contributed by atoms with Crippen LogP contribution in [0.3, 0.4) is 0 Å². The predicted molar refractivity (Wildman–Crippen MR) is 74.8 cm³/mol. The van der Waals surface area contributed by atoms with Gasteiger partial charge >= 0.3 is 0 Å². The average Bonchev–Trinajstić information content (AvgIpc) is 2.36. The lowest BCUT2D eigenvalue weighted by Gasteiger charge is -2.11. The Morgan fingerprint density at radius 3 is 2.26 bits per heavy atom. The zero-order chi connectivity index (χ0) is 13.8. The number of hydrogen-bond acceptors (Lipinski definition) is 6. The molecule has 5 nitrogen and oxygen atoms in total. The lowest BCUT2D eigenvalue weighted by Crippen LogP contribution is -2.06. The SMILES string of the molecule is CC(SCc1nc(N)nc(N)n1)c1ccc(F)cc1. The average molecular weight is 279 g/mol. The molecule has 0 saturated heterocycles. The Kier molecular flexibility index (Phi) is 4.16. The summed E-state index contributed by atoms with van der Waals surface area (Å²) in [6.45, 7) is 2.03. The molecule has 100 valence electrons. The van der Waals surface area contributed by atoms with Gasteiger partial charge in [-0.25, -0.2) is 4.39 Å². The summed E-state index contributed by atoms with van der Waals surface area (Å²) in [4.78, 5) is 11.7. The molecule has 7 heteroatoms. The minimum Gasteiger partial charge on any atom is -0.368 e. The molecule has 1 heterocycles. The van der Waals surface area contributed by atoms with E-state index in [1.807, 2.05) is 6.92 Å². The molecule has 1 atom stereocenters. The van der Waals surface area contributed by atoms with Crippen molar-refractivity contribution in [3.05, 3.63) is 41.5 Å². The van der Waals surface area contributed by atoms with E-state index in [2.05, 4.69) is 15.0 Å². The van der Waals surface area contributed by atoms with Crippen molar-refractivity contribution >= 4 is 23.7 Å². The fourth-order valence-electron chi connectivity index (χ4n) is 1.55.